The lowest BCUT2D eigenvalue weighted by Crippen LogP contribution is -2.17. The second-order valence-corrected chi connectivity index (χ2v) is 4.05. The van der Waals surface area contributed by atoms with Crippen LogP contribution >= 0.6 is 11.6 Å². The molecule has 5 heteroatoms. The van der Waals surface area contributed by atoms with Crippen LogP contribution in [0.2, 0.25) is 5.02 Å². The van der Waals surface area contributed by atoms with Crippen LogP contribution in [0, 0.1) is 6.92 Å². The van der Waals surface area contributed by atoms with Crippen molar-refractivity contribution in [2.75, 3.05) is 0 Å². The van der Waals surface area contributed by atoms with E-state index in [1.54, 1.807) is 17.1 Å². The van der Waals surface area contributed by atoms with Crippen LogP contribution in [0.5, 0.6) is 0 Å². The van der Waals surface area contributed by atoms with Crippen molar-refractivity contribution in [2.24, 2.45) is 5.73 Å². The molecular weight excluding hydrogens is 226 g/mol. The minimum absolute atomic E-state index is 0.370. The molecule has 2 N–H and O–H groups in total. The summed E-state index contributed by atoms with van der Waals surface area (Å²) in [6, 6.07) is 1.51. The quantitative estimate of drug-likeness (QED) is 0.895. The number of aryl methyl sites for hydroxylation is 2. The molecule has 2 aromatic heterocycles. The average molecular weight is 240 g/mol. The molecule has 86 valence electrons. The van der Waals surface area contributed by atoms with Crippen LogP contribution in [-0.4, -0.2) is 9.78 Å². The van der Waals surface area contributed by atoms with E-state index >= 15 is 0 Å². The van der Waals surface area contributed by atoms with E-state index in [-0.39, 0.29) is 6.04 Å². The van der Waals surface area contributed by atoms with Gasteiger partial charge in [-0.1, -0.05) is 11.6 Å². The largest absolute Gasteiger partial charge is 0.467 e. The first-order chi connectivity index (χ1) is 7.65. The van der Waals surface area contributed by atoms with Crippen LogP contribution in [0.1, 0.15) is 30.0 Å². The molecule has 1 unspecified atom stereocenters. The molecule has 0 saturated carbocycles. The molecule has 0 aliphatic rings. The Morgan fingerprint density at radius 1 is 1.62 bits per heavy atom. The first kappa shape index (κ1) is 11.2. The van der Waals surface area contributed by atoms with E-state index < -0.39 is 0 Å². The van der Waals surface area contributed by atoms with Crippen molar-refractivity contribution in [3.63, 3.8) is 0 Å². The molecule has 0 radical (unpaired) electrons. The monoisotopic (exact) mass is 239 g/mol. The van der Waals surface area contributed by atoms with E-state index in [9.17, 15) is 0 Å². The molecule has 0 amide bonds. The van der Waals surface area contributed by atoms with Gasteiger partial charge in [0.05, 0.1) is 23.2 Å². The lowest BCUT2D eigenvalue weighted by atomic mass is 10.1. The number of nitrogens with zero attached hydrogens (tertiary/aromatic N) is 2. The number of hydrogen-bond donors (Lipinski definition) is 1. The molecule has 0 spiro atoms. The molecule has 2 heterocycles. The predicted molar refractivity (Wildman–Crippen MR) is 62.4 cm³/mol. The molecule has 2 rings (SSSR count). The standard InChI is InChI=1S/C11H14ClN3O/c1-3-15-10(8(12)6-14-15)9(13)11-7(2)4-5-16-11/h4-6,9H,3,13H2,1-2H3. The smallest absolute Gasteiger partial charge is 0.129 e. The highest BCUT2D eigenvalue weighted by molar-refractivity contribution is 6.31. The summed E-state index contributed by atoms with van der Waals surface area (Å²) in [7, 11) is 0. The molecule has 16 heavy (non-hydrogen) atoms. The zero-order valence-electron chi connectivity index (χ0n) is 9.27. The normalized spacial score (nSPS) is 13.0. The Morgan fingerprint density at radius 3 is 2.94 bits per heavy atom. The van der Waals surface area contributed by atoms with Crippen molar-refractivity contribution in [2.45, 2.75) is 26.4 Å². The maximum atomic E-state index is 6.14. The molecule has 0 aliphatic heterocycles. The second kappa shape index (κ2) is 4.31. The van der Waals surface area contributed by atoms with Crippen molar-refractivity contribution < 1.29 is 4.42 Å². The topological polar surface area (TPSA) is 57.0 Å². The molecule has 0 aliphatic carbocycles. The summed E-state index contributed by atoms with van der Waals surface area (Å²) < 4.78 is 7.17. The summed E-state index contributed by atoms with van der Waals surface area (Å²) in [5, 5.41) is 4.73. The summed E-state index contributed by atoms with van der Waals surface area (Å²) >= 11 is 6.08. The second-order valence-electron chi connectivity index (χ2n) is 3.64. The Balaban J connectivity index is 2.44. The number of aromatic nitrogens is 2. The number of hydrogen-bond acceptors (Lipinski definition) is 3. The van der Waals surface area contributed by atoms with Crippen molar-refractivity contribution >= 4 is 11.6 Å². The van der Waals surface area contributed by atoms with Crippen LogP contribution in [0.3, 0.4) is 0 Å². The summed E-state index contributed by atoms with van der Waals surface area (Å²) in [6.45, 7) is 4.68. The van der Waals surface area contributed by atoms with E-state index in [1.165, 1.54) is 0 Å². The number of rotatable bonds is 3. The van der Waals surface area contributed by atoms with Crippen LogP contribution in [0.4, 0.5) is 0 Å². The molecule has 1 atom stereocenters. The molecular formula is C11H14ClN3O. The third kappa shape index (κ3) is 1.74. The SMILES string of the molecule is CCn1ncc(Cl)c1C(N)c1occc1C. The van der Waals surface area contributed by atoms with E-state index in [2.05, 4.69) is 5.10 Å². The highest BCUT2D eigenvalue weighted by atomic mass is 35.5. The zero-order chi connectivity index (χ0) is 11.7. The summed E-state index contributed by atoms with van der Waals surface area (Å²) in [6.07, 6.45) is 3.24. The van der Waals surface area contributed by atoms with Gasteiger partial charge in [0.25, 0.3) is 0 Å². The highest BCUT2D eigenvalue weighted by Crippen LogP contribution is 2.28. The minimum atomic E-state index is -0.370. The maximum Gasteiger partial charge on any atom is 0.129 e. The van der Waals surface area contributed by atoms with Gasteiger partial charge in [-0.2, -0.15) is 5.10 Å². The van der Waals surface area contributed by atoms with Gasteiger partial charge in [-0.05, 0) is 25.5 Å². The van der Waals surface area contributed by atoms with Gasteiger partial charge in [0.2, 0.25) is 0 Å². The van der Waals surface area contributed by atoms with Crippen LogP contribution in [-0.2, 0) is 6.54 Å². The summed E-state index contributed by atoms with van der Waals surface area (Å²) in [5.74, 6) is 0.733. The number of halogens is 1. The van der Waals surface area contributed by atoms with Crippen LogP contribution < -0.4 is 5.73 Å². The fraction of sp³-hybridized carbons (Fsp3) is 0.364. The van der Waals surface area contributed by atoms with Crippen molar-refractivity contribution in [1.29, 1.82) is 0 Å². The van der Waals surface area contributed by atoms with Crippen molar-refractivity contribution in [1.82, 2.24) is 9.78 Å². The Morgan fingerprint density at radius 2 is 2.38 bits per heavy atom. The summed E-state index contributed by atoms with van der Waals surface area (Å²) in [5.41, 5.74) is 7.96. The lowest BCUT2D eigenvalue weighted by molar-refractivity contribution is 0.470. The molecule has 0 bridgehead atoms. The predicted octanol–water partition coefficient (Wildman–Crippen LogP) is 2.51. The third-order valence-corrected chi connectivity index (χ3v) is 2.90. The molecule has 0 fully saturated rings. The molecule has 2 aromatic rings. The fourth-order valence-electron chi connectivity index (χ4n) is 1.76. The Kier molecular flexibility index (Phi) is 3.03. The average Bonchev–Trinajstić information content (AvgIpc) is 2.83. The van der Waals surface area contributed by atoms with Crippen molar-refractivity contribution in [3.8, 4) is 0 Å². The fourth-order valence-corrected chi connectivity index (χ4v) is 2.02. The summed E-state index contributed by atoms with van der Waals surface area (Å²) in [4.78, 5) is 0. The first-order valence-corrected chi connectivity index (χ1v) is 5.53. The number of nitrogens with two attached hydrogens (primary N) is 1. The van der Waals surface area contributed by atoms with Crippen LogP contribution in [0.25, 0.3) is 0 Å². The Labute approximate surface area is 99.0 Å². The number of furan rings is 1. The molecule has 0 aromatic carbocycles. The van der Waals surface area contributed by atoms with Gasteiger partial charge >= 0.3 is 0 Å². The van der Waals surface area contributed by atoms with E-state index in [4.69, 9.17) is 21.8 Å². The Bertz CT molecular complexity index is 489. The Hall–Kier alpha value is -1.26. The van der Waals surface area contributed by atoms with Gasteiger partial charge in [-0.15, -0.1) is 0 Å². The first-order valence-electron chi connectivity index (χ1n) is 5.16. The van der Waals surface area contributed by atoms with Crippen molar-refractivity contribution in [3.05, 3.63) is 40.6 Å². The third-order valence-electron chi connectivity index (χ3n) is 2.61. The highest BCUT2D eigenvalue weighted by Gasteiger charge is 2.21. The molecule has 4 nitrogen and oxygen atoms in total. The maximum absolute atomic E-state index is 6.14. The van der Waals surface area contributed by atoms with Gasteiger partial charge in [0.15, 0.2) is 0 Å². The lowest BCUT2D eigenvalue weighted by Gasteiger charge is -2.12. The van der Waals surface area contributed by atoms with Crippen LogP contribution in [0.15, 0.2) is 22.9 Å². The van der Waals surface area contributed by atoms with E-state index in [1.807, 2.05) is 19.9 Å². The zero-order valence-corrected chi connectivity index (χ0v) is 10.0. The minimum Gasteiger partial charge on any atom is -0.467 e. The van der Waals surface area contributed by atoms with E-state index in [0.717, 1.165) is 23.6 Å². The van der Waals surface area contributed by atoms with Gasteiger partial charge in [-0.25, -0.2) is 0 Å². The van der Waals surface area contributed by atoms with Gasteiger partial charge in [0, 0.05) is 6.54 Å². The molecule has 0 saturated heterocycles. The van der Waals surface area contributed by atoms with Gasteiger partial charge in [-0.3, -0.25) is 4.68 Å². The van der Waals surface area contributed by atoms with Gasteiger partial charge in [0.1, 0.15) is 11.8 Å². The van der Waals surface area contributed by atoms with E-state index in [0.29, 0.717) is 5.02 Å². The van der Waals surface area contributed by atoms with Gasteiger partial charge < -0.3 is 10.2 Å².